The van der Waals surface area contributed by atoms with Gasteiger partial charge >= 0.3 is 0 Å². The molecule has 0 spiro atoms. The fourth-order valence-electron chi connectivity index (χ4n) is 1.73. The Morgan fingerprint density at radius 3 is 2.85 bits per heavy atom. The summed E-state index contributed by atoms with van der Waals surface area (Å²) in [6.07, 6.45) is 2.53. The minimum atomic E-state index is 0.517. The molecule has 1 heterocycles. The zero-order valence-corrected chi connectivity index (χ0v) is 13.0. The molecule has 0 aliphatic carbocycles. The third kappa shape index (κ3) is 3.84. The molecule has 6 heteroatoms. The van der Waals surface area contributed by atoms with E-state index in [-0.39, 0.29) is 0 Å². The van der Waals surface area contributed by atoms with E-state index in [2.05, 4.69) is 37.3 Å². The molecular weight excluding hydrogens is 322 g/mol. The van der Waals surface area contributed by atoms with Crippen LogP contribution in [0.1, 0.15) is 5.56 Å². The van der Waals surface area contributed by atoms with Crippen LogP contribution in [0.25, 0.3) is 0 Å². The molecule has 2 aromatic rings. The first-order valence-corrected chi connectivity index (χ1v) is 6.95. The Balaban J connectivity index is 1.92. The molecule has 0 radical (unpaired) electrons. The minimum Gasteiger partial charge on any atom is -0.497 e. The van der Waals surface area contributed by atoms with Crippen molar-refractivity contribution < 1.29 is 9.47 Å². The largest absolute Gasteiger partial charge is 0.497 e. The molecular formula is C14H16BrN3O2. The molecule has 0 atom stereocenters. The Kier molecular flexibility index (Phi) is 5.17. The van der Waals surface area contributed by atoms with Gasteiger partial charge in [-0.25, -0.2) is 4.98 Å². The van der Waals surface area contributed by atoms with Gasteiger partial charge in [-0.1, -0.05) is 12.1 Å². The minimum absolute atomic E-state index is 0.517. The van der Waals surface area contributed by atoms with E-state index in [1.165, 1.54) is 5.56 Å². The molecule has 0 aliphatic heterocycles. The number of benzene rings is 1. The Bertz CT molecular complexity index is 578. The lowest BCUT2D eigenvalue weighted by Crippen LogP contribution is -2.08. The molecule has 0 aliphatic rings. The number of methoxy groups -OCH3 is 2. The highest BCUT2D eigenvalue weighted by Gasteiger charge is 2.04. The lowest BCUT2D eigenvalue weighted by atomic mass is 10.1. The van der Waals surface area contributed by atoms with E-state index in [4.69, 9.17) is 9.47 Å². The second-order valence-corrected chi connectivity index (χ2v) is 4.93. The predicted molar refractivity (Wildman–Crippen MR) is 81.5 cm³/mol. The molecule has 5 nitrogen and oxygen atoms in total. The van der Waals surface area contributed by atoms with Crippen LogP contribution >= 0.6 is 15.9 Å². The molecule has 20 heavy (non-hydrogen) atoms. The predicted octanol–water partition coefficient (Wildman–Crippen LogP) is 2.91. The third-order valence-corrected chi connectivity index (χ3v) is 3.28. The van der Waals surface area contributed by atoms with E-state index >= 15 is 0 Å². The first-order chi connectivity index (χ1) is 9.72. The molecule has 1 aromatic carbocycles. The topological polar surface area (TPSA) is 56.3 Å². The smallest absolute Gasteiger partial charge is 0.232 e. The molecule has 0 fully saturated rings. The number of halogens is 1. The average Bonchev–Trinajstić information content (AvgIpc) is 2.49. The number of anilines is 1. The summed E-state index contributed by atoms with van der Waals surface area (Å²) >= 11 is 3.32. The molecule has 0 amide bonds. The highest BCUT2D eigenvalue weighted by Crippen LogP contribution is 2.21. The highest BCUT2D eigenvalue weighted by atomic mass is 79.9. The van der Waals surface area contributed by atoms with Crippen molar-refractivity contribution in [2.45, 2.75) is 6.42 Å². The van der Waals surface area contributed by atoms with Gasteiger partial charge in [-0.2, -0.15) is 4.98 Å². The van der Waals surface area contributed by atoms with Crippen molar-refractivity contribution in [3.63, 3.8) is 0 Å². The summed E-state index contributed by atoms with van der Waals surface area (Å²) in [4.78, 5) is 8.42. The standard InChI is InChI=1S/C14H16BrN3O2/c1-19-11-5-3-4-10(8-11)6-7-16-14-17-9-12(15)13(18-14)20-2/h3-5,8-9H,6-7H2,1-2H3,(H,16,17,18). The monoisotopic (exact) mass is 337 g/mol. The van der Waals surface area contributed by atoms with Crippen LogP contribution in [0.15, 0.2) is 34.9 Å². The van der Waals surface area contributed by atoms with Gasteiger partial charge in [0.25, 0.3) is 0 Å². The van der Waals surface area contributed by atoms with Crippen LogP contribution in [-0.4, -0.2) is 30.7 Å². The van der Waals surface area contributed by atoms with Gasteiger partial charge in [0.05, 0.1) is 24.9 Å². The molecule has 1 aromatic heterocycles. The number of nitrogens with one attached hydrogen (secondary N) is 1. The quantitative estimate of drug-likeness (QED) is 0.878. The van der Waals surface area contributed by atoms with Gasteiger partial charge in [0.1, 0.15) is 5.75 Å². The fraction of sp³-hybridized carbons (Fsp3) is 0.286. The third-order valence-electron chi connectivity index (χ3n) is 2.74. The summed E-state index contributed by atoms with van der Waals surface area (Å²) in [6.45, 7) is 0.734. The summed E-state index contributed by atoms with van der Waals surface area (Å²) in [5.41, 5.74) is 1.20. The maximum Gasteiger partial charge on any atom is 0.232 e. The van der Waals surface area contributed by atoms with Crippen LogP contribution < -0.4 is 14.8 Å². The summed E-state index contributed by atoms with van der Waals surface area (Å²) in [7, 11) is 3.24. The van der Waals surface area contributed by atoms with Crippen LogP contribution in [0.5, 0.6) is 11.6 Å². The fourth-order valence-corrected chi connectivity index (χ4v) is 2.08. The summed E-state index contributed by atoms with van der Waals surface area (Å²) in [6, 6.07) is 7.99. The van der Waals surface area contributed by atoms with Crippen LogP contribution in [0.3, 0.4) is 0 Å². The van der Waals surface area contributed by atoms with E-state index < -0.39 is 0 Å². The van der Waals surface area contributed by atoms with Crippen molar-refractivity contribution in [2.24, 2.45) is 0 Å². The van der Waals surface area contributed by atoms with E-state index in [1.807, 2.05) is 18.2 Å². The first-order valence-electron chi connectivity index (χ1n) is 6.16. The molecule has 1 N–H and O–H groups in total. The van der Waals surface area contributed by atoms with E-state index in [9.17, 15) is 0 Å². The van der Waals surface area contributed by atoms with Crippen LogP contribution in [-0.2, 0) is 6.42 Å². The van der Waals surface area contributed by atoms with Crippen molar-refractivity contribution in [3.05, 3.63) is 40.5 Å². The molecule has 106 valence electrons. The number of aromatic nitrogens is 2. The SMILES string of the molecule is COc1cccc(CCNc2ncc(Br)c(OC)n2)c1. The van der Waals surface area contributed by atoms with Crippen molar-refractivity contribution in [3.8, 4) is 11.6 Å². The normalized spacial score (nSPS) is 10.2. The number of hydrogen-bond acceptors (Lipinski definition) is 5. The van der Waals surface area contributed by atoms with Crippen LogP contribution in [0.2, 0.25) is 0 Å². The highest BCUT2D eigenvalue weighted by molar-refractivity contribution is 9.10. The lowest BCUT2D eigenvalue weighted by molar-refractivity contribution is 0.394. The van der Waals surface area contributed by atoms with Crippen molar-refractivity contribution in [1.82, 2.24) is 9.97 Å². The Labute approximate surface area is 126 Å². The maximum atomic E-state index is 5.20. The zero-order chi connectivity index (χ0) is 14.4. The second kappa shape index (κ2) is 7.09. The summed E-state index contributed by atoms with van der Waals surface area (Å²) in [5.74, 6) is 1.93. The number of hydrogen-bond donors (Lipinski definition) is 1. The Morgan fingerprint density at radius 1 is 1.25 bits per heavy atom. The van der Waals surface area contributed by atoms with Crippen molar-refractivity contribution >= 4 is 21.9 Å². The van der Waals surface area contributed by atoms with Crippen molar-refractivity contribution in [1.29, 1.82) is 0 Å². The number of ether oxygens (including phenoxy) is 2. The maximum absolute atomic E-state index is 5.20. The van der Waals surface area contributed by atoms with Crippen LogP contribution in [0.4, 0.5) is 5.95 Å². The molecule has 0 saturated heterocycles. The van der Waals surface area contributed by atoms with Gasteiger partial charge in [0, 0.05) is 6.54 Å². The van der Waals surface area contributed by atoms with E-state index in [0.717, 1.165) is 23.2 Å². The van der Waals surface area contributed by atoms with Crippen LogP contribution in [0, 0.1) is 0 Å². The molecule has 0 bridgehead atoms. The Hall–Kier alpha value is -1.82. The zero-order valence-electron chi connectivity index (χ0n) is 11.4. The van der Waals surface area contributed by atoms with Crippen molar-refractivity contribution in [2.75, 3.05) is 26.1 Å². The second-order valence-electron chi connectivity index (χ2n) is 4.08. The number of rotatable bonds is 6. The lowest BCUT2D eigenvalue weighted by Gasteiger charge is -2.08. The van der Waals surface area contributed by atoms with E-state index in [0.29, 0.717) is 11.8 Å². The van der Waals surface area contributed by atoms with Gasteiger partial charge in [-0.15, -0.1) is 0 Å². The van der Waals surface area contributed by atoms with E-state index in [1.54, 1.807) is 20.4 Å². The van der Waals surface area contributed by atoms with Gasteiger partial charge in [0.15, 0.2) is 0 Å². The van der Waals surface area contributed by atoms with Gasteiger partial charge in [-0.3, -0.25) is 0 Å². The van der Waals surface area contributed by atoms with Gasteiger partial charge < -0.3 is 14.8 Å². The Morgan fingerprint density at radius 2 is 2.10 bits per heavy atom. The molecule has 0 unspecified atom stereocenters. The van der Waals surface area contributed by atoms with Gasteiger partial charge in [-0.05, 0) is 40.0 Å². The summed E-state index contributed by atoms with van der Waals surface area (Å²) in [5, 5.41) is 3.17. The van der Waals surface area contributed by atoms with Gasteiger partial charge in [0.2, 0.25) is 11.8 Å². The molecule has 0 saturated carbocycles. The average molecular weight is 338 g/mol. The molecule has 2 rings (SSSR count). The number of nitrogens with zero attached hydrogens (tertiary/aromatic N) is 2. The first kappa shape index (κ1) is 14.6. The summed E-state index contributed by atoms with van der Waals surface area (Å²) < 4.78 is 11.1.